The number of benzene rings is 3. The molecule has 0 atom stereocenters. The number of amides is 1. The summed E-state index contributed by atoms with van der Waals surface area (Å²) in [7, 11) is 1.63. The van der Waals surface area contributed by atoms with Crippen LogP contribution in [0.15, 0.2) is 78.9 Å². The van der Waals surface area contributed by atoms with Crippen LogP contribution < -0.4 is 15.8 Å². The molecule has 174 valence electrons. The monoisotopic (exact) mass is 519 g/mol. The van der Waals surface area contributed by atoms with Crippen molar-refractivity contribution < 1.29 is 9.53 Å². The van der Waals surface area contributed by atoms with E-state index < -0.39 is 0 Å². The van der Waals surface area contributed by atoms with Gasteiger partial charge in [0.25, 0.3) is 5.91 Å². The highest BCUT2D eigenvalue weighted by atomic mass is 35.5. The highest BCUT2D eigenvalue weighted by Gasteiger charge is 2.22. The molecule has 0 saturated carbocycles. The molecule has 1 amide bonds. The van der Waals surface area contributed by atoms with Crippen LogP contribution in [0, 0.1) is 0 Å². The number of pyridine rings is 1. The predicted octanol–water partition coefficient (Wildman–Crippen LogP) is 7.78. The zero-order valence-corrected chi connectivity index (χ0v) is 20.8. The zero-order chi connectivity index (χ0) is 24.5. The van der Waals surface area contributed by atoms with Crippen LogP contribution in [0.4, 0.5) is 11.4 Å². The molecule has 5 rings (SSSR count). The van der Waals surface area contributed by atoms with Gasteiger partial charge in [0.05, 0.1) is 18.5 Å². The second-order valence-corrected chi connectivity index (χ2v) is 9.65. The number of nitrogens with one attached hydrogen (secondary N) is 1. The Hall–Kier alpha value is -3.58. The second kappa shape index (κ2) is 9.58. The first kappa shape index (κ1) is 23.2. The topological polar surface area (TPSA) is 77.2 Å². The Labute approximate surface area is 216 Å². The van der Waals surface area contributed by atoms with Crippen molar-refractivity contribution in [3.63, 3.8) is 0 Å². The number of hydrogen-bond acceptors (Lipinski definition) is 5. The fourth-order valence-electron chi connectivity index (χ4n) is 3.78. The molecule has 0 saturated heterocycles. The first-order valence-electron chi connectivity index (χ1n) is 10.6. The Morgan fingerprint density at radius 2 is 1.51 bits per heavy atom. The molecule has 3 N–H and O–H groups in total. The number of nitrogen functional groups attached to an aromatic ring is 1. The summed E-state index contributed by atoms with van der Waals surface area (Å²) in [4.78, 5) is 19.1. The maximum atomic E-state index is 13.1. The summed E-state index contributed by atoms with van der Waals surface area (Å²) < 4.78 is 5.28. The predicted molar refractivity (Wildman–Crippen MR) is 146 cm³/mol. The Kier molecular flexibility index (Phi) is 6.34. The van der Waals surface area contributed by atoms with E-state index in [9.17, 15) is 4.79 Å². The molecular formula is C27H19Cl2N3O2S. The van der Waals surface area contributed by atoms with Crippen LogP contribution in [0.3, 0.4) is 0 Å². The summed E-state index contributed by atoms with van der Waals surface area (Å²) in [6, 6.07) is 24.1. The van der Waals surface area contributed by atoms with E-state index in [0.717, 1.165) is 33.5 Å². The summed E-state index contributed by atoms with van der Waals surface area (Å²) in [5, 5.41) is 4.84. The zero-order valence-electron chi connectivity index (χ0n) is 18.5. The molecule has 2 heterocycles. The number of rotatable bonds is 5. The number of anilines is 2. The molecule has 5 aromatic rings. The minimum Gasteiger partial charge on any atom is -0.497 e. The van der Waals surface area contributed by atoms with E-state index in [2.05, 4.69) is 5.32 Å². The standard InChI is InChI=1S/C27H19Cl2N3O2S/c1-34-20-12-4-16(5-13-20)22-14-21(15-2-6-17(28)7-3-15)23-24(30)25(35-27(23)32-22)26(33)31-19-10-8-18(29)9-11-19/h2-14H,30H2,1H3,(H,31,33). The van der Waals surface area contributed by atoms with E-state index in [4.69, 9.17) is 38.7 Å². The molecule has 2 aromatic heterocycles. The van der Waals surface area contributed by atoms with Crippen molar-refractivity contribution in [1.29, 1.82) is 0 Å². The molecule has 0 aliphatic heterocycles. The SMILES string of the molecule is COc1ccc(-c2cc(-c3ccc(Cl)cc3)c3c(N)c(C(=O)Nc4ccc(Cl)cc4)sc3n2)cc1. The van der Waals surface area contributed by atoms with E-state index in [1.54, 1.807) is 31.4 Å². The normalized spacial score (nSPS) is 10.9. The van der Waals surface area contributed by atoms with Gasteiger partial charge in [-0.1, -0.05) is 35.3 Å². The minimum atomic E-state index is -0.305. The number of nitrogens with two attached hydrogens (primary N) is 1. The molecular weight excluding hydrogens is 501 g/mol. The molecule has 3 aromatic carbocycles. The number of carbonyl (C=O) groups is 1. The molecule has 5 nitrogen and oxygen atoms in total. The third-order valence-electron chi connectivity index (χ3n) is 5.55. The number of fused-ring (bicyclic) bond motifs is 1. The van der Waals surface area contributed by atoms with Gasteiger partial charge in [-0.3, -0.25) is 4.79 Å². The summed E-state index contributed by atoms with van der Waals surface area (Å²) in [5.74, 6) is 0.454. The summed E-state index contributed by atoms with van der Waals surface area (Å²) in [6.07, 6.45) is 0. The van der Waals surface area contributed by atoms with Gasteiger partial charge in [-0.15, -0.1) is 11.3 Å². The molecule has 35 heavy (non-hydrogen) atoms. The Morgan fingerprint density at radius 1 is 0.914 bits per heavy atom. The van der Waals surface area contributed by atoms with Gasteiger partial charge in [-0.05, 0) is 77.9 Å². The minimum absolute atomic E-state index is 0.305. The number of methoxy groups -OCH3 is 1. The number of thiophene rings is 1. The van der Waals surface area contributed by atoms with Gasteiger partial charge < -0.3 is 15.8 Å². The van der Waals surface area contributed by atoms with Gasteiger partial charge in [-0.2, -0.15) is 0 Å². The van der Waals surface area contributed by atoms with Gasteiger partial charge in [-0.25, -0.2) is 4.98 Å². The van der Waals surface area contributed by atoms with Crippen molar-refractivity contribution in [1.82, 2.24) is 4.98 Å². The third-order valence-corrected chi connectivity index (χ3v) is 7.15. The van der Waals surface area contributed by atoms with E-state index in [1.807, 2.05) is 54.6 Å². The van der Waals surface area contributed by atoms with Gasteiger partial charge in [0.1, 0.15) is 15.5 Å². The number of nitrogens with zero attached hydrogens (tertiary/aromatic N) is 1. The highest BCUT2D eigenvalue weighted by molar-refractivity contribution is 7.21. The van der Waals surface area contributed by atoms with E-state index >= 15 is 0 Å². The first-order valence-corrected chi connectivity index (χ1v) is 12.2. The van der Waals surface area contributed by atoms with Crippen LogP contribution in [-0.4, -0.2) is 18.0 Å². The molecule has 0 unspecified atom stereocenters. The average molecular weight is 520 g/mol. The fraction of sp³-hybridized carbons (Fsp3) is 0.0370. The van der Waals surface area contributed by atoms with Crippen molar-refractivity contribution in [2.24, 2.45) is 0 Å². The number of carbonyl (C=O) groups excluding carboxylic acids is 1. The molecule has 0 spiro atoms. The van der Waals surface area contributed by atoms with Crippen molar-refractivity contribution >= 4 is 62.0 Å². The van der Waals surface area contributed by atoms with Crippen LogP contribution in [0.2, 0.25) is 10.0 Å². The van der Waals surface area contributed by atoms with Crippen molar-refractivity contribution in [3.05, 3.63) is 93.8 Å². The molecule has 0 aliphatic rings. The summed E-state index contributed by atoms with van der Waals surface area (Å²) in [6.45, 7) is 0. The van der Waals surface area contributed by atoms with Crippen LogP contribution in [0.1, 0.15) is 9.67 Å². The largest absolute Gasteiger partial charge is 0.497 e. The highest BCUT2D eigenvalue weighted by Crippen LogP contribution is 2.42. The van der Waals surface area contributed by atoms with Gasteiger partial charge >= 0.3 is 0 Å². The molecule has 8 heteroatoms. The third kappa shape index (κ3) is 4.68. The lowest BCUT2D eigenvalue weighted by atomic mass is 9.99. The summed E-state index contributed by atoms with van der Waals surface area (Å²) in [5.41, 5.74) is 11.0. The van der Waals surface area contributed by atoms with E-state index in [1.165, 1.54) is 11.3 Å². The number of hydrogen-bond donors (Lipinski definition) is 2. The maximum absolute atomic E-state index is 13.1. The van der Waals surface area contributed by atoms with Gasteiger partial charge in [0.2, 0.25) is 0 Å². The van der Waals surface area contributed by atoms with E-state index in [-0.39, 0.29) is 5.91 Å². The molecule has 0 bridgehead atoms. The van der Waals surface area contributed by atoms with Crippen LogP contribution >= 0.6 is 34.5 Å². The van der Waals surface area contributed by atoms with Crippen LogP contribution in [0.5, 0.6) is 5.75 Å². The Balaban J connectivity index is 1.65. The second-order valence-electron chi connectivity index (χ2n) is 7.78. The number of aromatic nitrogens is 1. The van der Waals surface area contributed by atoms with Crippen LogP contribution in [-0.2, 0) is 0 Å². The average Bonchev–Trinajstić information content (AvgIpc) is 3.22. The van der Waals surface area contributed by atoms with Crippen molar-refractivity contribution in [3.8, 4) is 28.1 Å². The molecule has 0 radical (unpaired) electrons. The van der Waals surface area contributed by atoms with Crippen LogP contribution in [0.25, 0.3) is 32.6 Å². The fourth-order valence-corrected chi connectivity index (χ4v) is 5.04. The lowest BCUT2D eigenvalue weighted by Crippen LogP contribution is -2.11. The smallest absolute Gasteiger partial charge is 0.267 e. The Bertz CT molecular complexity index is 1530. The van der Waals surface area contributed by atoms with Crippen molar-refractivity contribution in [2.45, 2.75) is 0 Å². The molecule has 0 aliphatic carbocycles. The first-order chi connectivity index (χ1) is 16.9. The quantitative estimate of drug-likeness (QED) is 0.248. The lowest BCUT2D eigenvalue weighted by molar-refractivity contribution is 0.103. The van der Waals surface area contributed by atoms with Crippen molar-refractivity contribution in [2.75, 3.05) is 18.2 Å². The number of halogens is 2. The molecule has 0 fully saturated rings. The van der Waals surface area contributed by atoms with Gasteiger partial charge in [0.15, 0.2) is 0 Å². The van der Waals surface area contributed by atoms with E-state index in [0.29, 0.717) is 31.1 Å². The van der Waals surface area contributed by atoms with Gasteiger partial charge in [0, 0.05) is 26.7 Å². The Morgan fingerprint density at radius 3 is 2.14 bits per heavy atom. The maximum Gasteiger partial charge on any atom is 0.267 e. The summed E-state index contributed by atoms with van der Waals surface area (Å²) >= 11 is 13.3. The lowest BCUT2D eigenvalue weighted by Gasteiger charge is -2.10. The number of ether oxygens (including phenoxy) is 1.